The molecule has 5 heteroatoms. The summed E-state index contributed by atoms with van der Waals surface area (Å²) < 4.78 is 1.08. The van der Waals surface area contributed by atoms with Crippen molar-refractivity contribution in [2.75, 3.05) is 9.74 Å². The van der Waals surface area contributed by atoms with Crippen LogP contribution >= 0.6 is 45.8 Å². The Morgan fingerprint density at radius 3 is 2.62 bits per heavy atom. The van der Waals surface area contributed by atoms with Gasteiger partial charge in [-0.05, 0) is 35.5 Å². The van der Waals surface area contributed by atoms with Crippen LogP contribution in [0.3, 0.4) is 0 Å². The van der Waals surface area contributed by atoms with Crippen LogP contribution < -0.4 is 5.32 Å². The van der Waals surface area contributed by atoms with Gasteiger partial charge in [-0.25, -0.2) is 0 Å². The van der Waals surface area contributed by atoms with E-state index in [1.54, 1.807) is 18.2 Å². The number of benzene rings is 1. The molecule has 2 nitrogen and oxygen atoms in total. The lowest BCUT2D eigenvalue weighted by atomic mass is 10.2. The Bertz CT molecular complexity index is 371. The van der Waals surface area contributed by atoms with Crippen molar-refractivity contribution in [3.63, 3.8) is 0 Å². The molecule has 0 unspecified atom stereocenters. The summed E-state index contributed by atoms with van der Waals surface area (Å²) in [7, 11) is 0. The molecule has 1 N–H and O–H groups in total. The predicted octanol–water partition coefficient (Wildman–Crippen LogP) is 4.54. The summed E-state index contributed by atoms with van der Waals surface area (Å²) in [6, 6.07) is 5.06. The predicted molar refractivity (Wildman–Crippen MR) is 77.8 cm³/mol. The number of alkyl halides is 1. The van der Waals surface area contributed by atoms with Gasteiger partial charge in [0.05, 0.1) is 10.0 Å². The summed E-state index contributed by atoms with van der Waals surface area (Å²) >= 11 is 13.9. The molecule has 0 aliphatic heterocycles. The molecule has 1 aromatic rings. The van der Waals surface area contributed by atoms with Crippen LogP contribution in [-0.2, 0) is 4.79 Å². The first kappa shape index (κ1) is 14.1. The monoisotopic (exact) mass is 371 g/mol. The van der Waals surface area contributed by atoms with Crippen LogP contribution in [0.4, 0.5) is 5.69 Å². The number of nitrogens with one attached hydrogen (secondary N) is 1. The third-order valence-electron chi connectivity index (χ3n) is 1.99. The number of hydrogen-bond acceptors (Lipinski definition) is 1. The van der Waals surface area contributed by atoms with Crippen molar-refractivity contribution in [2.45, 2.75) is 19.3 Å². The average molecular weight is 372 g/mol. The van der Waals surface area contributed by atoms with Crippen LogP contribution in [-0.4, -0.2) is 10.3 Å². The maximum Gasteiger partial charge on any atom is 0.224 e. The second kappa shape index (κ2) is 7.35. The molecule has 0 spiro atoms. The van der Waals surface area contributed by atoms with E-state index in [0.717, 1.165) is 17.3 Å². The highest BCUT2D eigenvalue weighted by atomic mass is 127. The number of amides is 1. The van der Waals surface area contributed by atoms with Crippen molar-refractivity contribution in [1.82, 2.24) is 0 Å². The molecule has 1 amide bonds. The molecule has 0 saturated heterocycles. The zero-order valence-corrected chi connectivity index (χ0v) is 12.3. The van der Waals surface area contributed by atoms with E-state index in [1.165, 1.54) is 0 Å². The Balaban J connectivity index is 2.46. The largest absolute Gasteiger partial charge is 0.326 e. The van der Waals surface area contributed by atoms with Crippen LogP contribution in [0.15, 0.2) is 18.2 Å². The SMILES string of the molecule is O=C(CCCCI)Nc1ccc(Cl)c(Cl)c1. The van der Waals surface area contributed by atoms with Crippen LogP contribution in [0.2, 0.25) is 10.0 Å². The summed E-state index contributed by atoms with van der Waals surface area (Å²) in [5.41, 5.74) is 0.689. The molecule has 1 rings (SSSR count). The van der Waals surface area contributed by atoms with Crippen LogP contribution in [0, 0.1) is 0 Å². The third-order valence-corrected chi connectivity index (χ3v) is 3.49. The second-order valence-electron chi connectivity index (χ2n) is 3.32. The van der Waals surface area contributed by atoms with Gasteiger partial charge in [-0.15, -0.1) is 0 Å². The first-order valence-corrected chi connectivity index (χ1v) is 7.22. The smallest absolute Gasteiger partial charge is 0.224 e. The Kier molecular flexibility index (Phi) is 6.46. The van der Waals surface area contributed by atoms with Gasteiger partial charge in [0.15, 0.2) is 0 Å². The van der Waals surface area contributed by atoms with Gasteiger partial charge < -0.3 is 5.32 Å². The number of anilines is 1. The van der Waals surface area contributed by atoms with Crippen molar-refractivity contribution in [3.05, 3.63) is 28.2 Å². The number of unbranched alkanes of at least 4 members (excludes halogenated alkanes) is 1. The van der Waals surface area contributed by atoms with Crippen LogP contribution in [0.1, 0.15) is 19.3 Å². The minimum atomic E-state index is 0.0169. The summed E-state index contributed by atoms with van der Waals surface area (Å²) in [6.45, 7) is 0. The molecule has 0 aromatic heterocycles. The highest BCUT2D eigenvalue weighted by Crippen LogP contribution is 2.25. The Morgan fingerprint density at radius 1 is 1.25 bits per heavy atom. The van der Waals surface area contributed by atoms with Crippen molar-refractivity contribution in [3.8, 4) is 0 Å². The minimum absolute atomic E-state index is 0.0169. The summed E-state index contributed by atoms with van der Waals surface area (Å²) in [6.07, 6.45) is 2.52. The van der Waals surface area contributed by atoms with Crippen molar-refractivity contribution >= 4 is 57.4 Å². The first-order valence-electron chi connectivity index (χ1n) is 4.94. The highest BCUT2D eigenvalue weighted by molar-refractivity contribution is 14.1. The molecule has 88 valence electrons. The lowest BCUT2D eigenvalue weighted by molar-refractivity contribution is -0.116. The number of carbonyl (C=O) groups is 1. The fourth-order valence-corrected chi connectivity index (χ4v) is 2.01. The van der Waals surface area contributed by atoms with E-state index in [0.29, 0.717) is 22.2 Å². The molecule has 0 bridgehead atoms. The van der Waals surface area contributed by atoms with Crippen molar-refractivity contribution < 1.29 is 4.79 Å². The van der Waals surface area contributed by atoms with Gasteiger partial charge in [-0.3, -0.25) is 4.79 Å². The fraction of sp³-hybridized carbons (Fsp3) is 0.364. The summed E-state index contributed by atoms with van der Waals surface area (Å²) in [5.74, 6) is 0.0169. The fourth-order valence-electron chi connectivity index (χ4n) is 1.18. The van der Waals surface area contributed by atoms with Gasteiger partial charge in [-0.1, -0.05) is 45.8 Å². The topological polar surface area (TPSA) is 29.1 Å². The Morgan fingerprint density at radius 2 is 2.00 bits per heavy atom. The first-order chi connectivity index (χ1) is 7.63. The lowest BCUT2D eigenvalue weighted by Gasteiger charge is -2.05. The zero-order valence-electron chi connectivity index (χ0n) is 8.60. The third kappa shape index (κ3) is 4.89. The number of halogens is 3. The van der Waals surface area contributed by atoms with E-state index in [4.69, 9.17) is 23.2 Å². The molecule has 0 aliphatic rings. The number of carbonyl (C=O) groups excluding carboxylic acids is 1. The van der Waals surface area contributed by atoms with E-state index in [2.05, 4.69) is 27.9 Å². The summed E-state index contributed by atoms with van der Waals surface area (Å²) in [4.78, 5) is 11.5. The maximum atomic E-state index is 11.5. The minimum Gasteiger partial charge on any atom is -0.326 e. The molecule has 0 aliphatic carbocycles. The van der Waals surface area contributed by atoms with Crippen LogP contribution in [0.25, 0.3) is 0 Å². The molecule has 16 heavy (non-hydrogen) atoms. The van der Waals surface area contributed by atoms with E-state index in [-0.39, 0.29) is 5.91 Å². The molecule has 0 heterocycles. The van der Waals surface area contributed by atoms with Crippen molar-refractivity contribution in [2.24, 2.45) is 0 Å². The Hall–Kier alpha value is -0.000000000000000111. The van der Waals surface area contributed by atoms with Crippen molar-refractivity contribution in [1.29, 1.82) is 0 Å². The number of hydrogen-bond donors (Lipinski definition) is 1. The van der Waals surface area contributed by atoms with Gasteiger partial charge in [0, 0.05) is 12.1 Å². The van der Waals surface area contributed by atoms with E-state index >= 15 is 0 Å². The standard InChI is InChI=1S/C11H12Cl2INO/c12-9-5-4-8(7-10(9)13)15-11(16)3-1-2-6-14/h4-5,7H,1-3,6H2,(H,15,16). The zero-order chi connectivity index (χ0) is 12.0. The lowest BCUT2D eigenvalue weighted by Crippen LogP contribution is -2.11. The summed E-state index contributed by atoms with van der Waals surface area (Å²) in [5, 5.41) is 3.73. The van der Waals surface area contributed by atoms with Gasteiger partial charge >= 0.3 is 0 Å². The normalized spacial score (nSPS) is 10.2. The second-order valence-corrected chi connectivity index (χ2v) is 5.22. The van der Waals surface area contributed by atoms with E-state index in [9.17, 15) is 4.79 Å². The molecule has 0 atom stereocenters. The van der Waals surface area contributed by atoms with E-state index in [1.807, 2.05) is 0 Å². The van der Waals surface area contributed by atoms with Gasteiger partial charge in [0.1, 0.15) is 0 Å². The average Bonchev–Trinajstić information content (AvgIpc) is 2.24. The molecule has 1 aromatic carbocycles. The molecular weight excluding hydrogens is 360 g/mol. The van der Waals surface area contributed by atoms with Gasteiger partial charge in [0.2, 0.25) is 5.91 Å². The molecule has 0 radical (unpaired) electrons. The van der Waals surface area contributed by atoms with E-state index < -0.39 is 0 Å². The molecule has 0 fully saturated rings. The quantitative estimate of drug-likeness (QED) is 0.459. The highest BCUT2D eigenvalue weighted by Gasteiger charge is 2.04. The van der Waals surface area contributed by atoms with Crippen LogP contribution in [0.5, 0.6) is 0 Å². The maximum absolute atomic E-state index is 11.5. The number of rotatable bonds is 5. The molecular formula is C11H12Cl2INO. The Labute approximate surface area is 119 Å². The van der Waals surface area contributed by atoms with Gasteiger partial charge in [0.25, 0.3) is 0 Å². The molecule has 0 saturated carbocycles. The van der Waals surface area contributed by atoms with Gasteiger partial charge in [-0.2, -0.15) is 0 Å².